The summed E-state index contributed by atoms with van der Waals surface area (Å²) in [5.74, 6) is -0.257. The van der Waals surface area contributed by atoms with Crippen molar-refractivity contribution in [2.45, 2.75) is 63.6 Å². The molecule has 3 heterocycles. The lowest BCUT2D eigenvalue weighted by atomic mass is 9.92. The third-order valence-corrected chi connectivity index (χ3v) is 8.87. The molecule has 226 valence electrons. The number of aliphatic hydroxyl groups excluding tert-OH is 2. The number of rotatable bonds is 13. The molecular formula is C27H35N6O8P. The van der Waals surface area contributed by atoms with Crippen molar-refractivity contribution in [3.05, 3.63) is 54.5 Å². The van der Waals surface area contributed by atoms with Gasteiger partial charge in [-0.1, -0.05) is 44.9 Å². The second kappa shape index (κ2) is 13.2. The Morgan fingerprint density at radius 2 is 2.00 bits per heavy atom. The molecule has 0 spiro atoms. The lowest BCUT2D eigenvalue weighted by Gasteiger charge is -2.29. The molecule has 4 rings (SSSR count). The summed E-state index contributed by atoms with van der Waals surface area (Å²) in [5, 5.41) is 38.6. The number of aromatic nitrogens is 3. The first-order valence-electron chi connectivity index (χ1n) is 13.6. The number of nitrogens with zero attached hydrogens (tertiary/aromatic N) is 4. The van der Waals surface area contributed by atoms with E-state index in [1.54, 1.807) is 24.3 Å². The number of hydrogen-bond donors (Lipinski definition) is 4. The molecule has 0 amide bonds. The fraction of sp³-hybridized carbons (Fsp3) is 0.481. The lowest BCUT2D eigenvalue weighted by Crippen LogP contribution is -2.43. The smallest absolute Gasteiger partial charge is 0.459 e. The van der Waals surface area contributed by atoms with Gasteiger partial charge in [0.1, 0.15) is 48.0 Å². The third kappa shape index (κ3) is 6.27. The van der Waals surface area contributed by atoms with E-state index in [1.165, 1.54) is 36.0 Å². The van der Waals surface area contributed by atoms with Gasteiger partial charge in [-0.05, 0) is 37.1 Å². The largest absolute Gasteiger partial charge is 0.464 e. The molecule has 0 unspecified atom stereocenters. The number of hydrogen-bond acceptors (Lipinski definition) is 12. The molecule has 2 aromatic heterocycles. The van der Waals surface area contributed by atoms with Crippen LogP contribution in [-0.4, -0.2) is 68.3 Å². The molecule has 1 aliphatic heterocycles. The average molecular weight is 603 g/mol. The normalized spacial score (nSPS) is 24.3. The quantitative estimate of drug-likeness (QED) is 0.164. The van der Waals surface area contributed by atoms with Gasteiger partial charge in [-0.2, -0.15) is 15.4 Å². The van der Waals surface area contributed by atoms with E-state index in [9.17, 15) is 24.8 Å². The van der Waals surface area contributed by atoms with Crippen LogP contribution in [0.4, 0.5) is 5.82 Å². The van der Waals surface area contributed by atoms with Gasteiger partial charge in [0.25, 0.3) is 0 Å². The topological polar surface area (TPSA) is 204 Å². The van der Waals surface area contributed by atoms with Crippen LogP contribution in [0.3, 0.4) is 0 Å². The van der Waals surface area contributed by atoms with Gasteiger partial charge < -0.3 is 29.9 Å². The summed E-state index contributed by atoms with van der Waals surface area (Å²) < 4.78 is 38.4. The molecule has 0 bridgehead atoms. The number of nitrogens with one attached hydrogen (secondary N) is 1. The monoisotopic (exact) mass is 602 g/mol. The number of nitriles is 1. The SMILES string of the molecule is CCC(CC)COC(=O)[C@H](C)N[P@@](=O)(Oc1ccccc1)O[C@H]1[C@@H](O)[C@](C#N)(c2ccc3c(N)ncnn23)O[C@@H]1CO. The molecule has 1 fully saturated rings. The van der Waals surface area contributed by atoms with Crippen LogP contribution in [0.5, 0.6) is 5.75 Å². The molecular weight excluding hydrogens is 567 g/mol. The van der Waals surface area contributed by atoms with E-state index >= 15 is 0 Å². The summed E-state index contributed by atoms with van der Waals surface area (Å²) in [4.78, 5) is 16.7. The van der Waals surface area contributed by atoms with Crippen LogP contribution < -0.4 is 15.3 Å². The maximum Gasteiger partial charge on any atom is 0.459 e. The van der Waals surface area contributed by atoms with E-state index in [1.807, 2.05) is 19.9 Å². The second-order valence-electron chi connectivity index (χ2n) is 9.93. The van der Waals surface area contributed by atoms with Gasteiger partial charge in [-0.25, -0.2) is 14.1 Å². The van der Waals surface area contributed by atoms with E-state index in [2.05, 4.69) is 15.2 Å². The number of anilines is 1. The predicted octanol–water partition coefficient (Wildman–Crippen LogP) is 2.31. The van der Waals surface area contributed by atoms with E-state index in [0.717, 1.165) is 12.8 Å². The zero-order valence-corrected chi connectivity index (χ0v) is 24.4. The van der Waals surface area contributed by atoms with Crippen LogP contribution in [0.1, 0.15) is 39.3 Å². The van der Waals surface area contributed by atoms with Crippen molar-refractivity contribution in [2.75, 3.05) is 18.9 Å². The Morgan fingerprint density at radius 3 is 2.64 bits per heavy atom. The predicted molar refractivity (Wildman–Crippen MR) is 150 cm³/mol. The highest BCUT2D eigenvalue weighted by Gasteiger charge is 2.60. The minimum absolute atomic E-state index is 0.0799. The van der Waals surface area contributed by atoms with Crippen LogP contribution in [0, 0.1) is 17.2 Å². The number of fused-ring (bicyclic) bond motifs is 1. The van der Waals surface area contributed by atoms with Crippen molar-refractivity contribution in [1.82, 2.24) is 19.7 Å². The van der Waals surface area contributed by atoms with Crippen molar-refractivity contribution >= 4 is 25.1 Å². The summed E-state index contributed by atoms with van der Waals surface area (Å²) in [6.45, 7) is 4.89. The Kier molecular flexibility index (Phi) is 9.83. The third-order valence-electron chi connectivity index (χ3n) is 7.19. The van der Waals surface area contributed by atoms with Crippen LogP contribution in [0.15, 0.2) is 48.8 Å². The Bertz CT molecular complexity index is 1460. The number of carbonyl (C=O) groups excluding carboxylic acids is 1. The van der Waals surface area contributed by atoms with Crippen molar-refractivity contribution < 1.29 is 38.1 Å². The van der Waals surface area contributed by atoms with Crippen LogP contribution in [0.25, 0.3) is 5.52 Å². The summed E-state index contributed by atoms with van der Waals surface area (Å²) in [6.07, 6.45) is -1.89. The van der Waals surface area contributed by atoms with Gasteiger partial charge >= 0.3 is 13.7 Å². The Morgan fingerprint density at radius 1 is 1.29 bits per heavy atom. The number of nitrogens with two attached hydrogens (primary N) is 1. The molecule has 1 aromatic carbocycles. The maximum absolute atomic E-state index is 14.2. The van der Waals surface area contributed by atoms with E-state index in [0.29, 0.717) is 5.52 Å². The highest BCUT2D eigenvalue weighted by Crippen LogP contribution is 2.51. The molecule has 5 N–H and O–H groups in total. The number of carbonyl (C=O) groups is 1. The van der Waals surface area contributed by atoms with Crippen LogP contribution in [0.2, 0.25) is 0 Å². The first-order chi connectivity index (χ1) is 20.1. The number of benzene rings is 1. The van der Waals surface area contributed by atoms with Gasteiger partial charge in [0.2, 0.25) is 5.60 Å². The van der Waals surface area contributed by atoms with Gasteiger partial charge in [-0.3, -0.25) is 9.32 Å². The average Bonchev–Trinajstić information content (AvgIpc) is 3.54. The van der Waals surface area contributed by atoms with Crippen LogP contribution in [-0.2, 0) is 29.0 Å². The maximum atomic E-state index is 14.2. The van der Waals surface area contributed by atoms with Crippen LogP contribution >= 0.6 is 7.75 Å². The fourth-order valence-corrected chi connectivity index (χ4v) is 6.38. The lowest BCUT2D eigenvalue weighted by molar-refractivity contribution is -0.146. The minimum Gasteiger partial charge on any atom is -0.464 e. The molecule has 0 saturated carbocycles. The molecule has 3 aromatic rings. The highest BCUT2D eigenvalue weighted by atomic mass is 31.2. The van der Waals surface area contributed by atoms with Crippen molar-refractivity contribution in [3.8, 4) is 11.8 Å². The van der Waals surface area contributed by atoms with Gasteiger partial charge in [0.15, 0.2) is 5.82 Å². The number of ether oxygens (including phenoxy) is 2. The van der Waals surface area contributed by atoms with E-state index < -0.39 is 50.3 Å². The van der Waals surface area contributed by atoms with Gasteiger partial charge in [0.05, 0.1) is 18.9 Å². The summed E-state index contributed by atoms with van der Waals surface area (Å²) >= 11 is 0. The first-order valence-corrected chi connectivity index (χ1v) is 15.1. The standard InChI is InChI=1S/C27H35N6O8P/c1-4-18(5-2)14-38-26(36)17(3)32-42(37,40-19-9-7-6-8-10-19)41-23-21(13-34)39-27(15-28,24(23)35)22-12-11-20-25(29)30-16-31-33(20)22/h6-12,16-18,21,23-24,34-35H,4-5,13-14H2,1-3H3,(H,32,37)(H2,29,30,31)/t17-,21+,23+,24+,27-,42+/m0/s1. The number of esters is 1. The molecule has 0 aliphatic carbocycles. The zero-order chi connectivity index (χ0) is 30.5. The Labute approximate surface area is 242 Å². The van der Waals surface area contributed by atoms with Crippen molar-refractivity contribution in [3.63, 3.8) is 0 Å². The molecule has 0 radical (unpaired) electrons. The molecule has 15 heteroatoms. The molecule has 14 nitrogen and oxygen atoms in total. The minimum atomic E-state index is -4.51. The van der Waals surface area contributed by atoms with Gasteiger partial charge in [0, 0.05) is 0 Å². The number of aliphatic hydroxyl groups is 2. The Balaban J connectivity index is 1.65. The zero-order valence-electron chi connectivity index (χ0n) is 23.5. The Hall–Kier alpha value is -3.57. The number of nitrogen functional groups attached to an aromatic ring is 1. The molecule has 42 heavy (non-hydrogen) atoms. The summed E-state index contributed by atoms with van der Waals surface area (Å²) in [5.41, 5.74) is 4.23. The molecule has 1 saturated heterocycles. The first kappa shape index (κ1) is 31.4. The van der Waals surface area contributed by atoms with Crippen molar-refractivity contribution in [1.29, 1.82) is 5.26 Å². The second-order valence-corrected chi connectivity index (χ2v) is 11.6. The van der Waals surface area contributed by atoms with E-state index in [4.69, 9.17) is 24.3 Å². The summed E-state index contributed by atoms with van der Waals surface area (Å²) in [7, 11) is -4.51. The van der Waals surface area contributed by atoms with E-state index in [-0.39, 0.29) is 29.8 Å². The highest BCUT2D eigenvalue weighted by molar-refractivity contribution is 7.52. The number of para-hydroxylation sites is 1. The molecule has 1 aliphatic rings. The van der Waals surface area contributed by atoms with Gasteiger partial charge in [-0.15, -0.1) is 0 Å². The molecule has 6 atom stereocenters. The fourth-order valence-electron chi connectivity index (χ4n) is 4.67. The summed E-state index contributed by atoms with van der Waals surface area (Å²) in [6, 6.07) is 11.9. The van der Waals surface area contributed by atoms with Crippen molar-refractivity contribution in [2.24, 2.45) is 5.92 Å².